The standard InChI is InChI=1S/C16H18N4.C12H10N4O.C6H7BO3.C6H5IN4.C2H6OSi/c1-16(2,3)11-6-4-5-10(7-11)14-13-12(8-18-14)19-9-20-15(13)17;13-12-10-9(15-6-16-12)5-14-11(10)7-2-1-3-8(17)4-7;8-6-3-1-2-5(4-6)7(9)10;7-5-4-3(1-9-5)10-2-11-6(4)8;1-4(2)3/h4-7,9H,8H2,1-3H3,(H2,17,19,20);1-4,6,17H,5H2,(H2,13,15,16);1-4,8-10H;2H,1H2,(H2,8,10,11);1-2H3. The van der Waals surface area contributed by atoms with E-state index in [9.17, 15) is 9.57 Å². The molecule has 0 unspecified atom stereocenters. The molecule has 0 saturated carbocycles. The number of phenolic OH excluding ortho intramolecular Hbond substituents is 2. The van der Waals surface area contributed by atoms with Crippen molar-refractivity contribution in [3.8, 4) is 11.5 Å². The molecule has 6 heterocycles. The van der Waals surface area contributed by atoms with Crippen LogP contribution < -0.4 is 22.7 Å². The Balaban J connectivity index is 0.000000157. The maximum absolute atomic E-state index is 9.63. The first kappa shape index (κ1) is 46.7. The van der Waals surface area contributed by atoms with Crippen LogP contribution in [0.2, 0.25) is 13.1 Å². The molecule has 0 amide bonds. The van der Waals surface area contributed by atoms with Crippen LogP contribution >= 0.6 is 22.6 Å². The maximum Gasteiger partial charge on any atom is 0.488 e. The van der Waals surface area contributed by atoms with E-state index in [4.69, 9.17) is 32.4 Å². The molecular formula is C42H46BIN12O5Si. The van der Waals surface area contributed by atoms with Gasteiger partial charge in [0, 0.05) is 11.1 Å². The number of halogens is 1. The van der Waals surface area contributed by atoms with Crippen LogP contribution in [0.5, 0.6) is 11.5 Å². The van der Waals surface area contributed by atoms with Crippen LogP contribution in [0.1, 0.15) is 71.2 Å². The molecule has 9 rings (SSSR count). The van der Waals surface area contributed by atoms with Gasteiger partial charge in [0.25, 0.3) is 8.68 Å². The second-order valence-corrected chi connectivity index (χ2v) is 17.8. The molecule has 3 aromatic heterocycles. The SMILES string of the molecule is CC(C)(C)c1cccc(C2=NCc3ncnc(N)c32)c1.C[Si](C)=O.Nc1ncnc2c1C(I)=NC2.Nc1ncnc2c1C(c1cccc(O)c1)=NC2.OB(O)c1cccc(O)c1. The van der Waals surface area contributed by atoms with Gasteiger partial charge >= 0.3 is 7.12 Å². The second kappa shape index (κ2) is 20.9. The van der Waals surface area contributed by atoms with Gasteiger partial charge in [0.15, 0.2) is 0 Å². The lowest BCUT2D eigenvalue weighted by Crippen LogP contribution is -2.29. The van der Waals surface area contributed by atoms with Crippen molar-refractivity contribution in [2.75, 3.05) is 17.2 Å². The number of nitrogens with two attached hydrogens (primary N) is 3. The third kappa shape index (κ3) is 12.1. The predicted molar refractivity (Wildman–Crippen MR) is 252 cm³/mol. The smallest absolute Gasteiger partial charge is 0.488 e. The summed E-state index contributed by atoms with van der Waals surface area (Å²) >= 11 is 2.14. The molecule has 3 aliphatic heterocycles. The molecule has 0 saturated heterocycles. The molecule has 3 aliphatic rings. The summed E-state index contributed by atoms with van der Waals surface area (Å²) in [7, 11) is -2.64. The van der Waals surface area contributed by atoms with E-state index in [-0.39, 0.29) is 16.9 Å². The molecule has 3 aromatic carbocycles. The summed E-state index contributed by atoms with van der Waals surface area (Å²) in [5.41, 5.74) is 27.9. The molecule has 10 N–H and O–H groups in total. The molecule has 0 spiro atoms. The topological polar surface area (TPSA) is 290 Å². The average molecular weight is 965 g/mol. The number of aromatic nitrogens is 6. The summed E-state index contributed by atoms with van der Waals surface area (Å²) in [6.45, 7) is 11.8. The molecule has 6 aromatic rings. The Hall–Kier alpha value is -6.36. The van der Waals surface area contributed by atoms with E-state index in [0.717, 1.165) is 60.0 Å². The van der Waals surface area contributed by atoms with Gasteiger partial charge in [-0.15, -0.1) is 0 Å². The van der Waals surface area contributed by atoms with Crippen LogP contribution in [-0.4, -0.2) is 81.1 Å². The van der Waals surface area contributed by atoms with Crippen LogP contribution in [-0.2, 0) is 29.5 Å². The minimum absolute atomic E-state index is 0.0330. The van der Waals surface area contributed by atoms with Crippen molar-refractivity contribution in [3.05, 3.63) is 142 Å². The fourth-order valence-electron chi connectivity index (χ4n) is 6.05. The number of anilines is 3. The number of hydrogen-bond acceptors (Lipinski definition) is 17. The Labute approximate surface area is 374 Å². The van der Waals surface area contributed by atoms with E-state index in [1.807, 2.05) is 6.07 Å². The average Bonchev–Trinajstić information content (AvgIpc) is 3.97. The van der Waals surface area contributed by atoms with E-state index in [2.05, 4.69) is 113 Å². The molecule has 62 heavy (non-hydrogen) atoms. The Morgan fingerprint density at radius 3 is 1.47 bits per heavy atom. The van der Waals surface area contributed by atoms with Crippen molar-refractivity contribution in [1.29, 1.82) is 0 Å². The first-order valence-electron chi connectivity index (χ1n) is 19.0. The fraction of sp³-hybridized carbons (Fsp3) is 0.214. The molecular weight excluding hydrogens is 918 g/mol. The number of hydrogen-bond donors (Lipinski definition) is 7. The van der Waals surface area contributed by atoms with Gasteiger partial charge in [-0.25, -0.2) is 29.9 Å². The summed E-state index contributed by atoms with van der Waals surface area (Å²) in [6, 6.07) is 21.2. The van der Waals surface area contributed by atoms with E-state index in [0.29, 0.717) is 42.6 Å². The first-order valence-corrected chi connectivity index (χ1v) is 22.5. The lowest BCUT2D eigenvalue weighted by molar-refractivity contribution is 0.424. The van der Waals surface area contributed by atoms with Crippen LogP contribution in [0.15, 0.2) is 107 Å². The highest BCUT2D eigenvalue weighted by molar-refractivity contribution is 14.1. The monoisotopic (exact) mass is 964 g/mol. The van der Waals surface area contributed by atoms with Gasteiger partial charge < -0.3 is 41.9 Å². The number of nitrogen functional groups attached to an aromatic ring is 3. The van der Waals surface area contributed by atoms with Gasteiger partial charge in [-0.2, -0.15) is 0 Å². The third-order valence-corrected chi connectivity index (χ3v) is 9.86. The second-order valence-electron chi connectivity index (χ2n) is 14.9. The predicted octanol–water partition coefficient (Wildman–Crippen LogP) is 4.32. The van der Waals surface area contributed by atoms with E-state index < -0.39 is 15.8 Å². The number of aliphatic imine (C=N–C) groups is 3. The van der Waals surface area contributed by atoms with Gasteiger partial charge in [0.1, 0.15) is 51.7 Å². The van der Waals surface area contributed by atoms with Crippen molar-refractivity contribution < 1.29 is 24.7 Å². The number of aromatic hydroxyl groups is 2. The molecule has 318 valence electrons. The highest BCUT2D eigenvalue weighted by Crippen LogP contribution is 2.29. The zero-order valence-electron chi connectivity index (χ0n) is 34.7. The largest absolute Gasteiger partial charge is 0.508 e. The van der Waals surface area contributed by atoms with Gasteiger partial charge in [-0.3, -0.25) is 15.0 Å². The molecule has 17 nitrogen and oxygen atoms in total. The number of phenols is 2. The van der Waals surface area contributed by atoms with Gasteiger partial charge in [0.2, 0.25) is 0 Å². The van der Waals surface area contributed by atoms with Crippen molar-refractivity contribution in [2.24, 2.45) is 15.0 Å². The van der Waals surface area contributed by atoms with Gasteiger partial charge in [-0.05, 0) is 82.5 Å². The Morgan fingerprint density at radius 1 is 0.613 bits per heavy atom. The Bertz CT molecular complexity index is 2670. The highest BCUT2D eigenvalue weighted by Gasteiger charge is 2.24. The molecule has 20 heteroatoms. The Kier molecular flexibility index (Phi) is 15.8. The molecule has 0 aliphatic carbocycles. The number of fused-ring (bicyclic) bond motifs is 3. The summed E-state index contributed by atoms with van der Waals surface area (Å²) < 4.78 is 10.5. The highest BCUT2D eigenvalue weighted by atomic mass is 127. The lowest BCUT2D eigenvalue weighted by atomic mass is 9.80. The quantitative estimate of drug-likeness (QED) is 0.0961. The summed E-state index contributed by atoms with van der Waals surface area (Å²) in [5.74, 6) is 1.70. The lowest BCUT2D eigenvalue weighted by Gasteiger charge is -2.20. The number of nitrogens with zero attached hydrogens (tertiary/aromatic N) is 9. The van der Waals surface area contributed by atoms with Crippen molar-refractivity contribution in [1.82, 2.24) is 29.9 Å². The molecule has 0 fully saturated rings. The zero-order chi connectivity index (χ0) is 45.1. The van der Waals surface area contributed by atoms with E-state index in [1.54, 1.807) is 37.4 Å². The van der Waals surface area contributed by atoms with Crippen LogP contribution in [0, 0.1) is 0 Å². The summed E-state index contributed by atoms with van der Waals surface area (Å²) in [6.07, 6.45) is 4.41. The zero-order valence-corrected chi connectivity index (χ0v) is 37.8. The minimum atomic E-state index is -1.51. The summed E-state index contributed by atoms with van der Waals surface area (Å²) in [5, 5.41) is 35.5. The molecule has 0 bridgehead atoms. The fourth-order valence-corrected chi connectivity index (χ4v) is 6.80. The molecule has 0 atom stereocenters. The van der Waals surface area contributed by atoms with Gasteiger partial charge in [-0.1, -0.05) is 63.2 Å². The van der Waals surface area contributed by atoms with Gasteiger partial charge in [0.05, 0.1) is 64.8 Å². The van der Waals surface area contributed by atoms with Crippen LogP contribution in [0.4, 0.5) is 17.5 Å². The van der Waals surface area contributed by atoms with E-state index in [1.165, 1.54) is 42.7 Å². The first-order chi connectivity index (χ1) is 29.4. The minimum Gasteiger partial charge on any atom is -0.508 e. The third-order valence-electron chi connectivity index (χ3n) is 8.98. The van der Waals surface area contributed by atoms with Crippen molar-refractivity contribution in [3.63, 3.8) is 0 Å². The van der Waals surface area contributed by atoms with Crippen molar-refractivity contribution in [2.45, 2.75) is 58.9 Å². The Morgan fingerprint density at radius 2 is 1.03 bits per heavy atom. The normalized spacial score (nSPS) is 12.7. The summed E-state index contributed by atoms with van der Waals surface area (Å²) in [4.78, 5) is 37.6. The number of benzene rings is 3. The van der Waals surface area contributed by atoms with E-state index >= 15 is 0 Å². The maximum atomic E-state index is 9.63. The number of rotatable bonds is 3. The van der Waals surface area contributed by atoms with Crippen LogP contribution in [0.3, 0.4) is 0 Å². The van der Waals surface area contributed by atoms with Crippen molar-refractivity contribution >= 4 is 76.5 Å². The van der Waals surface area contributed by atoms with Crippen LogP contribution in [0.25, 0.3) is 0 Å². The molecule has 0 radical (unpaired) electrons.